The summed E-state index contributed by atoms with van der Waals surface area (Å²) in [6.07, 6.45) is 3.41. The van der Waals surface area contributed by atoms with E-state index in [9.17, 15) is 4.79 Å². The van der Waals surface area contributed by atoms with Crippen LogP contribution < -0.4 is 0 Å². The van der Waals surface area contributed by atoms with Gasteiger partial charge in [0.2, 0.25) is 0 Å². The van der Waals surface area contributed by atoms with Gasteiger partial charge >= 0.3 is 0 Å². The molecule has 2 rings (SSSR count). The maximum absolute atomic E-state index is 12.5. The van der Waals surface area contributed by atoms with Crippen molar-refractivity contribution >= 4 is 32.7 Å². The molecule has 1 N–H and O–H groups in total. The molecule has 1 aromatic carbocycles. The largest absolute Gasteiger partial charge is 0.350 e. The molecule has 0 bridgehead atoms. The molecule has 1 amide bonds. The summed E-state index contributed by atoms with van der Waals surface area (Å²) < 4.78 is 0.797. The molecule has 0 saturated carbocycles. The average molecular weight is 319 g/mol. The molecule has 4 heteroatoms. The van der Waals surface area contributed by atoms with Crippen LogP contribution in [0, 0.1) is 0 Å². The standard InChI is InChI=1S/C15H15BrN2O/c1-3-9-18(10-4-2)15(19)14-13(16)11-7-5-6-8-12(11)17-14/h3-8,17H,1-2,9-10H2. The maximum Gasteiger partial charge on any atom is 0.272 e. The van der Waals surface area contributed by atoms with Gasteiger partial charge in [0.25, 0.3) is 5.91 Å². The molecule has 0 aliphatic heterocycles. The number of nitrogens with one attached hydrogen (secondary N) is 1. The molecular weight excluding hydrogens is 304 g/mol. The van der Waals surface area contributed by atoms with Crippen molar-refractivity contribution in [1.29, 1.82) is 0 Å². The second kappa shape index (κ2) is 5.89. The molecule has 0 fully saturated rings. The van der Waals surface area contributed by atoms with Crippen molar-refractivity contribution in [3.8, 4) is 0 Å². The van der Waals surface area contributed by atoms with Gasteiger partial charge in [0.05, 0.1) is 4.47 Å². The summed E-state index contributed by atoms with van der Waals surface area (Å²) in [5, 5.41) is 1.00. The number of para-hydroxylation sites is 1. The van der Waals surface area contributed by atoms with Gasteiger partial charge in [-0.15, -0.1) is 13.2 Å². The SMILES string of the molecule is C=CCN(CC=C)C(=O)c1[nH]c2ccccc2c1Br. The second-order valence-electron chi connectivity index (χ2n) is 4.15. The molecule has 3 nitrogen and oxygen atoms in total. The van der Waals surface area contributed by atoms with Gasteiger partial charge in [-0.1, -0.05) is 30.4 Å². The number of halogens is 1. The van der Waals surface area contributed by atoms with E-state index in [2.05, 4.69) is 34.1 Å². The fourth-order valence-electron chi connectivity index (χ4n) is 1.97. The van der Waals surface area contributed by atoms with Crippen LogP contribution in [-0.4, -0.2) is 28.9 Å². The van der Waals surface area contributed by atoms with Gasteiger partial charge < -0.3 is 9.88 Å². The zero-order valence-corrected chi connectivity index (χ0v) is 12.1. The van der Waals surface area contributed by atoms with Crippen LogP contribution in [0.25, 0.3) is 10.9 Å². The van der Waals surface area contributed by atoms with E-state index >= 15 is 0 Å². The molecule has 19 heavy (non-hydrogen) atoms. The lowest BCUT2D eigenvalue weighted by Crippen LogP contribution is -2.31. The first-order valence-electron chi connectivity index (χ1n) is 5.96. The molecule has 0 spiro atoms. The van der Waals surface area contributed by atoms with E-state index in [4.69, 9.17) is 0 Å². The summed E-state index contributed by atoms with van der Waals surface area (Å²) in [6.45, 7) is 8.33. The summed E-state index contributed by atoms with van der Waals surface area (Å²) in [6, 6.07) is 7.80. The molecule has 0 aliphatic carbocycles. The molecule has 2 aromatic rings. The van der Waals surface area contributed by atoms with Gasteiger partial charge in [0.15, 0.2) is 0 Å². The lowest BCUT2D eigenvalue weighted by atomic mass is 10.2. The zero-order valence-electron chi connectivity index (χ0n) is 10.5. The minimum absolute atomic E-state index is 0.0668. The normalized spacial score (nSPS) is 10.4. The Labute approximate surface area is 120 Å². The first-order chi connectivity index (χ1) is 9.19. The molecule has 0 saturated heterocycles. The Balaban J connectivity index is 2.42. The van der Waals surface area contributed by atoms with Gasteiger partial charge in [-0.2, -0.15) is 0 Å². The molecule has 0 aliphatic rings. The van der Waals surface area contributed by atoms with Crippen LogP contribution in [0.4, 0.5) is 0 Å². The van der Waals surface area contributed by atoms with Gasteiger partial charge in [-0.25, -0.2) is 0 Å². The number of hydrogen-bond donors (Lipinski definition) is 1. The first kappa shape index (κ1) is 13.6. The number of aromatic amines is 1. The summed E-state index contributed by atoms with van der Waals surface area (Å²) >= 11 is 3.49. The number of carbonyl (C=O) groups is 1. The lowest BCUT2D eigenvalue weighted by Gasteiger charge is -2.18. The topological polar surface area (TPSA) is 36.1 Å². The number of fused-ring (bicyclic) bond motifs is 1. The van der Waals surface area contributed by atoms with Crippen molar-refractivity contribution in [2.75, 3.05) is 13.1 Å². The Morgan fingerprint density at radius 3 is 2.47 bits per heavy atom. The Hall–Kier alpha value is -1.81. The molecule has 0 radical (unpaired) electrons. The fourth-order valence-corrected chi connectivity index (χ4v) is 2.58. The number of hydrogen-bond acceptors (Lipinski definition) is 1. The highest BCUT2D eigenvalue weighted by Gasteiger charge is 2.20. The summed E-state index contributed by atoms with van der Waals surface area (Å²) in [4.78, 5) is 17.3. The van der Waals surface area contributed by atoms with Gasteiger partial charge in [0, 0.05) is 24.0 Å². The number of nitrogens with zero attached hydrogens (tertiary/aromatic N) is 1. The predicted octanol–water partition coefficient (Wildman–Crippen LogP) is 3.74. The summed E-state index contributed by atoms with van der Waals surface area (Å²) in [5.74, 6) is -0.0668. The Morgan fingerprint density at radius 2 is 1.89 bits per heavy atom. The van der Waals surface area contributed by atoms with E-state index in [1.54, 1.807) is 17.1 Å². The highest BCUT2D eigenvalue weighted by Crippen LogP contribution is 2.28. The van der Waals surface area contributed by atoms with Crippen LogP contribution in [0.1, 0.15) is 10.5 Å². The Kier molecular flexibility index (Phi) is 4.22. The third-order valence-electron chi connectivity index (χ3n) is 2.84. The molecule has 0 atom stereocenters. The quantitative estimate of drug-likeness (QED) is 0.837. The van der Waals surface area contributed by atoms with E-state index in [0.717, 1.165) is 15.4 Å². The number of aromatic nitrogens is 1. The van der Waals surface area contributed by atoms with Crippen LogP contribution in [0.15, 0.2) is 54.0 Å². The summed E-state index contributed by atoms with van der Waals surface area (Å²) in [5.41, 5.74) is 1.50. The van der Waals surface area contributed by atoms with Gasteiger partial charge in [-0.05, 0) is 22.0 Å². The fraction of sp³-hybridized carbons (Fsp3) is 0.133. The van der Waals surface area contributed by atoms with Crippen molar-refractivity contribution in [3.63, 3.8) is 0 Å². The first-order valence-corrected chi connectivity index (χ1v) is 6.75. The number of rotatable bonds is 5. The minimum atomic E-state index is -0.0668. The number of benzene rings is 1. The van der Waals surface area contributed by atoms with Crippen molar-refractivity contribution in [1.82, 2.24) is 9.88 Å². The van der Waals surface area contributed by atoms with Crippen LogP contribution in [0.3, 0.4) is 0 Å². The second-order valence-corrected chi connectivity index (χ2v) is 4.94. The Morgan fingerprint density at radius 1 is 1.26 bits per heavy atom. The van der Waals surface area contributed by atoms with E-state index < -0.39 is 0 Å². The van der Waals surface area contributed by atoms with Crippen molar-refractivity contribution in [3.05, 3.63) is 59.7 Å². The van der Waals surface area contributed by atoms with Gasteiger partial charge in [-0.3, -0.25) is 4.79 Å². The third-order valence-corrected chi connectivity index (χ3v) is 3.67. The molecule has 0 unspecified atom stereocenters. The van der Waals surface area contributed by atoms with Crippen molar-refractivity contribution in [2.24, 2.45) is 0 Å². The van der Waals surface area contributed by atoms with E-state index in [1.807, 2.05) is 24.3 Å². The van der Waals surface area contributed by atoms with E-state index in [-0.39, 0.29) is 5.91 Å². The third kappa shape index (κ3) is 2.63. The summed E-state index contributed by atoms with van der Waals surface area (Å²) in [7, 11) is 0. The van der Waals surface area contributed by atoms with E-state index in [0.29, 0.717) is 18.8 Å². The van der Waals surface area contributed by atoms with E-state index in [1.165, 1.54) is 0 Å². The Bertz CT molecular complexity index is 620. The number of carbonyl (C=O) groups excluding carboxylic acids is 1. The number of H-pyrrole nitrogens is 1. The molecular formula is C15H15BrN2O. The zero-order chi connectivity index (χ0) is 13.8. The molecule has 1 aromatic heterocycles. The van der Waals surface area contributed by atoms with Crippen molar-refractivity contribution in [2.45, 2.75) is 0 Å². The average Bonchev–Trinajstić information content (AvgIpc) is 2.76. The van der Waals surface area contributed by atoms with Crippen LogP contribution >= 0.6 is 15.9 Å². The van der Waals surface area contributed by atoms with Crippen LogP contribution in [0.2, 0.25) is 0 Å². The van der Waals surface area contributed by atoms with Crippen LogP contribution in [0.5, 0.6) is 0 Å². The molecule has 98 valence electrons. The lowest BCUT2D eigenvalue weighted by molar-refractivity contribution is 0.0785. The minimum Gasteiger partial charge on any atom is -0.350 e. The number of amides is 1. The van der Waals surface area contributed by atoms with Crippen LogP contribution in [-0.2, 0) is 0 Å². The molecule has 1 heterocycles. The van der Waals surface area contributed by atoms with Gasteiger partial charge in [0.1, 0.15) is 5.69 Å². The van der Waals surface area contributed by atoms with Crippen molar-refractivity contribution < 1.29 is 4.79 Å². The predicted molar refractivity (Wildman–Crippen MR) is 82.3 cm³/mol. The highest BCUT2D eigenvalue weighted by atomic mass is 79.9. The monoisotopic (exact) mass is 318 g/mol. The highest BCUT2D eigenvalue weighted by molar-refractivity contribution is 9.10. The maximum atomic E-state index is 12.5. The smallest absolute Gasteiger partial charge is 0.272 e.